The number of hydrogen-bond donors (Lipinski definition) is 3. The Bertz CT molecular complexity index is 532. The smallest absolute Gasteiger partial charge is 0.282 e. The van der Waals surface area contributed by atoms with Crippen LogP contribution in [0.1, 0.15) is 15.9 Å². The van der Waals surface area contributed by atoms with E-state index in [0.717, 1.165) is 5.56 Å². The van der Waals surface area contributed by atoms with Gasteiger partial charge in [-0.1, -0.05) is 6.07 Å². The third-order valence-electron chi connectivity index (χ3n) is 3.42. The second-order valence-electron chi connectivity index (χ2n) is 4.97. The predicted molar refractivity (Wildman–Crippen MR) is 72.5 cm³/mol. The predicted octanol–water partition coefficient (Wildman–Crippen LogP) is 0.213. The van der Waals surface area contributed by atoms with Crippen LogP contribution in [0.5, 0.6) is 0 Å². The summed E-state index contributed by atoms with van der Waals surface area (Å²) >= 11 is 0. The van der Waals surface area contributed by atoms with Gasteiger partial charge in [0, 0.05) is 31.6 Å². The molecule has 1 fully saturated rings. The summed E-state index contributed by atoms with van der Waals surface area (Å²) in [5.74, 6) is -0.553. The molecule has 0 aliphatic carbocycles. The number of aliphatic hydroxyl groups is 1. The van der Waals surface area contributed by atoms with E-state index in [4.69, 9.17) is 0 Å². The van der Waals surface area contributed by atoms with Gasteiger partial charge in [-0.15, -0.1) is 0 Å². The number of carbonyl (C=O) groups excluding carboxylic acids is 1. The first-order chi connectivity index (χ1) is 9.49. The molecule has 7 nitrogen and oxygen atoms in total. The minimum absolute atomic E-state index is 0.0513. The molecule has 1 aromatic rings. The van der Waals surface area contributed by atoms with Crippen molar-refractivity contribution in [3.63, 3.8) is 0 Å². The molecule has 108 valence electrons. The zero-order valence-electron chi connectivity index (χ0n) is 11.1. The van der Waals surface area contributed by atoms with Gasteiger partial charge in [-0.25, -0.2) is 0 Å². The zero-order valence-corrected chi connectivity index (χ0v) is 11.1. The molecular formula is C13H17N3O4. The third-order valence-corrected chi connectivity index (χ3v) is 3.42. The lowest BCUT2D eigenvalue weighted by Gasteiger charge is -2.14. The molecular weight excluding hydrogens is 262 g/mol. The van der Waals surface area contributed by atoms with Gasteiger partial charge in [0.15, 0.2) is 0 Å². The first-order valence-corrected chi connectivity index (χ1v) is 6.41. The van der Waals surface area contributed by atoms with Crippen molar-refractivity contribution in [3.8, 4) is 0 Å². The van der Waals surface area contributed by atoms with E-state index < -0.39 is 16.9 Å². The Kier molecular flexibility index (Phi) is 4.31. The van der Waals surface area contributed by atoms with Crippen molar-refractivity contribution in [1.29, 1.82) is 0 Å². The number of hydrogen-bond acceptors (Lipinski definition) is 5. The van der Waals surface area contributed by atoms with E-state index >= 15 is 0 Å². The molecule has 0 radical (unpaired) electrons. The van der Waals surface area contributed by atoms with Crippen molar-refractivity contribution in [2.24, 2.45) is 5.92 Å². The Morgan fingerprint density at radius 2 is 2.30 bits per heavy atom. The Labute approximate surface area is 116 Å². The first-order valence-electron chi connectivity index (χ1n) is 6.41. The fourth-order valence-corrected chi connectivity index (χ4v) is 2.24. The molecule has 1 heterocycles. The molecule has 2 rings (SSSR count). The number of benzene rings is 1. The summed E-state index contributed by atoms with van der Waals surface area (Å²) in [4.78, 5) is 22.4. The number of nitro benzene ring substituents is 1. The summed E-state index contributed by atoms with van der Waals surface area (Å²) in [6.45, 7) is 3.19. The number of carbonyl (C=O) groups is 1. The van der Waals surface area contributed by atoms with Crippen molar-refractivity contribution in [3.05, 3.63) is 39.4 Å². The summed E-state index contributed by atoms with van der Waals surface area (Å²) in [7, 11) is 0. The Balaban J connectivity index is 2.08. The molecule has 2 unspecified atom stereocenters. The minimum atomic E-state index is -0.569. The highest BCUT2D eigenvalue weighted by Gasteiger charge is 2.26. The van der Waals surface area contributed by atoms with Gasteiger partial charge in [0.2, 0.25) is 0 Å². The van der Waals surface area contributed by atoms with Crippen LogP contribution in [0, 0.1) is 23.0 Å². The van der Waals surface area contributed by atoms with Crippen molar-refractivity contribution in [1.82, 2.24) is 10.6 Å². The maximum absolute atomic E-state index is 12.1. The van der Waals surface area contributed by atoms with Gasteiger partial charge in [-0.2, -0.15) is 0 Å². The fourth-order valence-electron chi connectivity index (χ4n) is 2.24. The van der Waals surface area contributed by atoms with E-state index in [-0.39, 0.29) is 23.7 Å². The van der Waals surface area contributed by atoms with Gasteiger partial charge in [0.1, 0.15) is 5.56 Å². The molecule has 0 aromatic heterocycles. The molecule has 3 N–H and O–H groups in total. The van der Waals surface area contributed by atoms with E-state index in [9.17, 15) is 20.0 Å². The molecule has 1 aliphatic rings. The van der Waals surface area contributed by atoms with Gasteiger partial charge >= 0.3 is 0 Å². The Morgan fingerprint density at radius 1 is 1.55 bits per heavy atom. The average molecular weight is 279 g/mol. The van der Waals surface area contributed by atoms with Gasteiger partial charge < -0.3 is 15.7 Å². The lowest BCUT2D eigenvalue weighted by Crippen LogP contribution is -2.34. The number of amides is 1. The van der Waals surface area contributed by atoms with Gasteiger partial charge in [-0.3, -0.25) is 14.9 Å². The van der Waals surface area contributed by atoms with Crippen LogP contribution in [0.15, 0.2) is 18.2 Å². The highest BCUT2D eigenvalue weighted by Crippen LogP contribution is 2.20. The Morgan fingerprint density at radius 3 is 2.90 bits per heavy atom. The van der Waals surface area contributed by atoms with Gasteiger partial charge in [-0.05, 0) is 18.6 Å². The average Bonchev–Trinajstić information content (AvgIpc) is 2.81. The van der Waals surface area contributed by atoms with Crippen LogP contribution in [0.4, 0.5) is 5.69 Å². The van der Waals surface area contributed by atoms with Crippen molar-refractivity contribution in [2.45, 2.75) is 13.0 Å². The highest BCUT2D eigenvalue weighted by atomic mass is 16.6. The molecule has 1 aromatic carbocycles. The summed E-state index contributed by atoms with van der Waals surface area (Å²) in [6.07, 6.45) is -0.497. The minimum Gasteiger partial charge on any atom is -0.391 e. The van der Waals surface area contributed by atoms with Crippen LogP contribution in [-0.4, -0.2) is 41.7 Å². The first kappa shape index (κ1) is 14.4. The van der Waals surface area contributed by atoms with Crippen molar-refractivity contribution < 1.29 is 14.8 Å². The fraction of sp³-hybridized carbons (Fsp3) is 0.462. The van der Waals surface area contributed by atoms with E-state index in [1.165, 1.54) is 12.1 Å². The number of nitrogens with one attached hydrogen (secondary N) is 2. The van der Waals surface area contributed by atoms with Crippen LogP contribution >= 0.6 is 0 Å². The third kappa shape index (κ3) is 3.12. The maximum atomic E-state index is 12.1. The summed E-state index contributed by atoms with van der Waals surface area (Å²) in [5, 5.41) is 26.2. The second kappa shape index (κ2) is 5.98. The Hall–Kier alpha value is -1.99. The molecule has 1 aliphatic heterocycles. The van der Waals surface area contributed by atoms with Crippen molar-refractivity contribution >= 4 is 11.6 Å². The summed E-state index contributed by atoms with van der Waals surface area (Å²) in [5.41, 5.74) is 0.622. The lowest BCUT2D eigenvalue weighted by atomic mass is 10.1. The molecule has 0 saturated carbocycles. The molecule has 20 heavy (non-hydrogen) atoms. The van der Waals surface area contributed by atoms with Crippen LogP contribution in [0.3, 0.4) is 0 Å². The van der Waals surface area contributed by atoms with Crippen LogP contribution < -0.4 is 10.6 Å². The molecule has 0 spiro atoms. The number of rotatable bonds is 4. The SMILES string of the molecule is Cc1ccc([N+](=O)[O-])c(C(=O)NCC2CNCC2O)c1. The van der Waals surface area contributed by atoms with Gasteiger partial charge in [0.05, 0.1) is 11.0 Å². The molecule has 1 saturated heterocycles. The number of β-amino-alcohol motifs (C(OH)–C–C–N with tert-alkyl or cyclic N) is 1. The molecule has 1 amide bonds. The molecule has 0 bridgehead atoms. The second-order valence-corrected chi connectivity index (χ2v) is 4.97. The summed E-state index contributed by atoms with van der Waals surface area (Å²) < 4.78 is 0. The standard InChI is InChI=1S/C13H17N3O4/c1-8-2-3-11(16(19)20)10(4-8)13(18)15-6-9-5-14-7-12(9)17/h2-4,9,12,14,17H,5-7H2,1H3,(H,15,18). The number of aliphatic hydroxyl groups excluding tert-OH is 1. The van der Waals surface area contributed by atoms with E-state index in [2.05, 4.69) is 10.6 Å². The topological polar surface area (TPSA) is 104 Å². The summed E-state index contributed by atoms with van der Waals surface area (Å²) in [6, 6.07) is 4.42. The maximum Gasteiger partial charge on any atom is 0.282 e. The quantitative estimate of drug-likeness (QED) is 0.540. The number of nitrogens with zero attached hydrogens (tertiary/aromatic N) is 1. The normalized spacial score (nSPS) is 21.7. The van der Waals surface area contributed by atoms with Crippen LogP contribution in [0.2, 0.25) is 0 Å². The highest BCUT2D eigenvalue weighted by molar-refractivity contribution is 5.98. The van der Waals surface area contributed by atoms with E-state index in [1.807, 2.05) is 0 Å². The lowest BCUT2D eigenvalue weighted by molar-refractivity contribution is -0.385. The molecule has 2 atom stereocenters. The van der Waals surface area contributed by atoms with Gasteiger partial charge in [0.25, 0.3) is 11.6 Å². The number of aryl methyl sites for hydroxylation is 1. The monoisotopic (exact) mass is 279 g/mol. The van der Waals surface area contributed by atoms with Crippen molar-refractivity contribution in [2.75, 3.05) is 19.6 Å². The largest absolute Gasteiger partial charge is 0.391 e. The molecule has 7 heteroatoms. The zero-order chi connectivity index (χ0) is 14.7. The van der Waals surface area contributed by atoms with E-state index in [0.29, 0.717) is 13.1 Å². The number of nitro groups is 1. The van der Waals surface area contributed by atoms with Crippen LogP contribution in [0.25, 0.3) is 0 Å². The van der Waals surface area contributed by atoms with E-state index in [1.54, 1.807) is 13.0 Å². The van der Waals surface area contributed by atoms with Crippen LogP contribution in [-0.2, 0) is 0 Å².